The molecule has 0 aliphatic rings. The van der Waals surface area contributed by atoms with Gasteiger partial charge in [-0.25, -0.2) is 4.79 Å². The topological polar surface area (TPSA) is 135 Å². The maximum atomic E-state index is 13.5. The minimum absolute atomic E-state index is 0.0245. The Hall–Kier alpha value is -2.90. The molecular weight excluding hydrogens is 594 g/mol. The van der Waals surface area contributed by atoms with Crippen LogP contribution in [0.3, 0.4) is 0 Å². The van der Waals surface area contributed by atoms with E-state index in [9.17, 15) is 24.3 Å². The summed E-state index contributed by atoms with van der Waals surface area (Å²) in [5.41, 5.74) is 0.476. The van der Waals surface area contributed by atoms with Crippen LogP contribution in [0.2, 0.25) is 0 Å². The van der Waals surface area contributed by atoms with Crippen LogP contribution >= 0.6 is 0 Å². The van der Waals surface area contributed by atoms with Gasteiger partial charge in [0.2, 0.25) is 5.91 Å². The van der Waals surface area contributed by atoms with Gasteiger partial charge in [0.15, 0.2) is 0 Å². The normalized spacial score (nSPS) is 11.1. The zero-order chi connectivity index (χ0) is 34.2. The summed E-state index contributed by atoms with van der Waals surface area (Å²) in [6, 6.07) is 4.49. The number of carbonyl (C=O) groups is 4. The fourth-order valence-electron chi connectivity index (χ4n) is 4.61. The Balaban J connectivity index is 2.53. The van der Waals surface area contributed by atoms with Crippen molar-refractivity contribution in [2.45, 2.75) is 79.8 Å². The van der Waals surface area contributed by atoms with Gasteiger partial charge in [0, 0.05) is 59.2 Å². The molecular formula is C34H57N3O9. The lowest BCUT2D eigenvalue weighted by Crippen LogP contribution is -2.40. The summed E-state index contributed by atoms with van der Waals surface area (Å²) < 4.78 is 22.3. The molecule has 1 N–H and O–H groups in total. The Morgan fingerprint density at radius 3 is 1.93 bits per heavy atom. The molecule has 0 radical (unpaired) electrons. The highest BCUT2D eigenvalue weighted by atomic mass is 16.6. The van der Waals surface area contributed by atoms with Gasteiger partial charge in [-0.05, 0) is 63.4 Å². The van der Waals surface area contributed by atoms with Gasteiger partial charge in [-0.3, -0.25) is 19.3 Å². The van der Waals surface area contributed by atoms with E-state index in [0.29, 0.717) is 89.9 Å². The molecule has 0 saturated carbocycles. The first kappa shape index (κ1) is 41.1. The maximum Gasteiger partial charge on any atom is 0.415 e. The Kier molecular flexibility index (Phi) is 22.5. The summed E-state index contributed by atoms with van der Waals surface area (Å²) in [6.45, 7) is 15.0. The first-order valence-corrected chi connectivity index (χ1v) is 16.7. The third-order valence-corrected chi connectivity index (χ3v) is 7.44. The van der Waals surface area contributed by atoms with E-state index in [1.165, 1.54) is 19.1 Å². The van der Waals surface area contributed by atoms with Crippen LogP contribution in [-0.4, -0.2) is 122 Å². The molecule has 0 unspecified atom stereocenters. The molecule has 46 heavy (non-hydrogen) atoms. The standard InChI is InChI=1S/C34H57N3O9/c1-6-13-30(40)14-10-11-20-43-22-24-45-25-23-44-21-12-17-37(28(5)39)33(41)31-26-29(27-38)15-16-32(31)46-34(42)36(9-4)19-18-35(7-2)8-3/h15-16,26,38H,6-14,17-25,27H2,1-5H3. The number of benzene rings is 1. The monoisotopic (exact) mass is 651 g/mol. The number of hydrogen-bond acceptors (Lipinski definition) is 10. The molecule has 0 aromatic heterocycles. The van der Waals surface area contributed by atoms with Crippen LogP contribution in [0.5, 0.6) is 5.75 Å². The first-order valence-electron chi connectivity index (χ1n) is 16.7. The van der Waals surface area contributed by atoms with Crippen LogP contribution < -0.4 is 4.74 Å². The van der Waals surface area contributed by atoms with Gasteiger partial charge in [-0.1, -0.05) is 26.8 Å². The van der Waals surface area contributed by atoms with Gasteiger partial charge in [-0.15, -0.1) is 0 Å². The molecule has 262 valence electrons. The number of ether oxygens (including phenoxy) is 4. The molecule has 1 aromatic carbocycles. The highest BCUT2D eigenvalue weighted by molar-refractivity contribution is 6.06. The smallest absolute Gasteiger partial charge is 0.409 e. The summed E-state index contributed by atoms with van der Waals surface area (Å²) in [5, 5.41) is 9.67. The summed E-state index contributed by atoms with van der Waals surface area (Å²) in [7, 11) is 0. The second kappa shape index (κ2) is 25.2. The van der Waals surface area contributed by atoms with E-state index < -0.39 is 17.9 Å². The summed E-state index contributed by atoms with van der Waals surface area (Å²) in [6.07, 6.45) is 3.67. The lowest BCUT2D eigenvalue weighted by Gasteiger charge is -2.25. The molecule has 0 atom stereocenters. The predicted octanol–water partition coefficient (Wildman–Crippen LogP) is 4.31. The number of likely N-dealkylation sites (N-methyl/N-ethyl adjacent to an activating group) is 2. The van der Waals surface area contributed by atoms with Gasteiger partial charge in [-0.2, -0.15) is 0 Å². The average Bonchev–Trinajstić information content (AvgIpc) is 3.04. The van der Waals surface area contributed by atoms with E-state index >= 15 is 0 Å². The van der Waals surface area contributed by atoms with Crippen molar-refractivity contribution in [1.29, 1.82) is 0 Å². The minimum atomic E-state index is -0.618. The number of aliphatic hydroxyl groups is 1. The molecule has 0 saturated heterocycles. The molecule has 1 aromatic rings. The van der Waals surface area contributed by atoms with E-state index in [2.05, 4.69) is 18.7 Å². The van der Waals surface area contributed by atoms with Crippen LogP contribution in [-0.2, 0) is 30.4 Å². The Morgan fingerprint density at radius 2 is 1.37 bits per heavy atom. The van der Waals surface area contributed by atoms with Crippen molar-refractivity contribution in [3.8, 4) is 5.75 Å². The van der Waals surface area contributed by atoms with Gasteiger partial charge >= 0.3 is 6.09 Å². The summed E-state index contributed by atoms with van der Waals surface area (Å²) in [5.74, 6) is -0.735. The number of imide groups is 1. The number of ketones is 1. The van der Waals surface area contributed by atoms with Gasteiger partial charge < -0.3 is 33.9 Å². The number of unbranched alkanes of at least 4 members (excludes halogenated alkanes) is 1. The van der Waals surface area contributed by atoms with E-state index in [4.69, 9.17) is 18.9 Å². The first-order chi connectivity index (χ1) is 22.2. The zero-order valence-electron chi connectivity index (χ0n) is 28.7. The third-order valence-electron chi connectivity index (χ3n) is 7.44. The highest BCUT2D eigenvalue weighted by Crippen LogP contribution is 2.24. The van der Waals surface area contributed by atoms with Crippen molar-refractivity contribution in [1.82, 2.24) is 14.7 Å². The van der Waals surface area contributed by atoms with Gasteiger partial charge in [0.1, 0.15) is 11.5 Å². The van der Waals surface area contributed by atoms with Crippen molar-refractivity contribution in [2.75, 3.05) is 78.9 Å². The number of Topliss-reactive ketones (excluding diaryl/α,β-unsaturated/α-hetero) is 1. The lowest BCUT2D eigenvalue weighted by molar-refractivity contribution is -0.126. The van der Waals surface area contributed by atoms with Crippen molar-refractivity contribution in [2.24, 2.45) is 0 Å². The summed E-state index contributed by atoms with van der Waals surface area (Å²) in [4.78, 5) is 55.3. The van der Waals surface area contributed by atoms with Crippen molar-refractivity contribution in [3.05, 3.63) is 29.3 Å². The number of hydrogen-bond donors (Lipinski definition) is 1. The molecule has 0 spiro atoms. The number of nitrogens with zero attached hydrogens (tertiary/aromatic N) is 3. The molecule has 3 amide bonds. The number of carbonyl (C=O) groups excluding carboxylic acids is 4. The zero-order valence-corrected chi connectivity index (χ0v) is 28.7. The molecule has 0 aliphatic carbocycles. The second-order valence-electron chi connectivity index (χ2n) is 10.9. The SMILES string of the molecule is CCCC(=O)CCCCOCCOCCOCCCN(C(C)=O)C(=O)c1cc(CO)ccc1OC(=O)N(CC)CCN(CC)CC. The molecule has 12 nitrogen and oxygen atoms in total. The molecule has 0 aliphatic heterocycles. The Bertz CT molecular complexity index is 1030. The van der Waals surface area contributed by atoms with Crippen molar-refractivity contribution < 1.29 is 43.2 Å². The van der Waals surface area contributed by atoms with Crippen LogP contribution in [0.15, 0.2) is 18.2 Å². The molecule has 12 heteroatoms. The predicted molar refractivity (Wildman–Crippen MR) is 176 cm³/mol. The van der Waals surface area contributed by atoms with Gasteiger partial charge in [0.25, 0.3) is 5.91 Å². The number of aliphatic hydroxyl groups excluding tert-OH is 1. The fourth-order valence-corrected chi connectivity index (χ4v) is 4.61. The molecule has 0 fully saturated rings. The third kappa shape index (κ3) is 16.6. The van der Waals surface area contributed by atoms with Crippen molar-refractivity contribution >= 4 is 23.7 Å². The van der Waals surface area contributed by atoms with E-state index in [1.807, 2.05) is 13.8 Å². The number of amides is 3. The Labute approximate surface area is 275 Å². The van der Waals surface area contributed by atoms with Crippen molar-refractivity contribution in [3.63, 3.8) is 0 Å². The molecule has 0 heterocycles. The largest absolute Gasteiger partial charge is 0.415 e. The van der Waals surface area contributed by atoms with E-state index in [1.54, 1.807) is 11.0 Å². The van der Waals surface area contributed by atoms with Gasteiger partial charge in [0.05, 0.1) is 38.6 Å². The fraction of sp³-hybridized carbons (Fsp3) is 0.706. The average molecular weight is 652 g/mol. The minimum Gasteiger partial charge on any atom is -0.409 e. The van der Waals surface area contributed by atoms with Crippen LogP contribution in [0, 0.1) is 0 Å². The second-order valence-corrected chi connectivity index (χ2v) is 10.9. The van der Waals surface area contributed by atoms with Crippen LogP contribution in [0.4, 0.5) is 4.79 Å². The summed E-state index contributed by atoms with van der Waals surface area (Å²) >= 11 is 0. The molecule has 1 rings (SSSR count). The van der Waals surface area contributed by atoms with Crippen LogP contribution in [0.1, 0.15) is 89.1 Å². The maximum absolute atomic E-state index is 13.5. The van der Waals surface area contributed by atoms with Crippen LogP contribution in [0.25, 0.3) is 0 Å². The quantitative estimate of drug-likeness (QED) is 0.144. The highest BCUT2D eigenvalue weighted by Gasteiger charge is 2.25. The lowest BCUT2D eigenvalue weighted by atomic mass is 10.1. The van der Waals surface area contributed by atoms with E-state index in [-0.39, 0.29) is 24.5 Å². The number of rotatable bonds is 26. The Morgan fingerprint density at radius 1 is 0.739 bits per heavy atom. The molecule has 0 bridgehead atoms. The van der Waals surface area contributed by atoms with E-state index in [0.717, 1.165) is 37.3 Å².